The Labute approximate surface area is 158 Å². The Hall–Kier alpha value is -2.70. The molecule has 1 amide bonds. The molecule has 1 aliphatic rings. The minimum atomic E-state index is -0.591. The summed E-state index contributed by atoms with van der Waals surface area (Å²) in [6, 6.07) is 13.6. The lowest BCUT2D eigenvalue weighted by atomic mass is 10.0. The molecule has 140 valence electrons. The number of aromatic nitrogens is 2. The number of fused-ring (bicyclic) bond motifs is 1. The molecule has 2 N–H and O–H groups in total. The smallest absolute Gasteiger partial charge is 0.270 e. The van der Waals surface area contributed by atoms with Gasteiger partial charge < -0.3 is 15.0 Å². The molecule has 1 saturated heterocycles. The van der Waals surface area contributed by atoms with E-state index < -0.39 is 6.10 Å². The Morgan fingerprint density at radius 3 is 2.96 bits per heavy atom. The quantitative estimate of drug-likeness (QED) is 0.742. The maximum atomic E-state index is 12.3. The van der Waals surface area contributed by atoms with Gasteiger partial charge in [0, 0.05) is 44.6 Å². The van der Waals surface area contributed by atoms with Crippen LogP contribution in [0.4, 0.5) is 0 Å². The van der Waals surface area contributed by atoms with Crippen molar-refractivity contribution in [2.24, 2.45) is 7.05 Å². The molecule has 3 heterocycles. The van der Waals surface area contributed by atoms with Crippen LogP contribution in [-0.4, -0.2) is 50.7 Å². The third-order valence-corrected chi connectivity index (χ3v) is 5.24. The van der Waals surface area contributed by atoms with E-state index in [9.17, 15) is 9.90 Å². The number of rotatable bonds is 4. The fraction of sp³-hybridized carbons (Fsp3) is 0.333. The summed E-state index contributed by atoms with van der Waals surface area (Å²) in [5, 5.41) is 14.7. The Morgan fingerprint density at radius 2 is 2.19 bits per heavy atom. The minimum Gasteiger partial charge on any atom is -0.390 e. The number of nitrogens with zero attached hydrogens (tertiary/aromatic N) is 3. The molecule has 3 aromatic rings. The number of pyridine rings is 1. The topological polar surface area (TPSA) is 70.4 Å². The van der Waals surface area contributed by atoms with E-state index in [-0.39, 0.29) is 11.9 Å². The molecular weight excluding hydrogens is 340 g/mol. The van der Waals surface area contributed by atoms with Crippen LogP contribution in [-0.2, 0) is 13.6 Å². The van der Waals surface area contributed by atoms with Gasteiger partial charge in [0.2, 0.25) is 0 Å². The fourth-order valence-electron chi connectivity index (χ4n) is 3.74. The van der Waals surface area contributed by atoms with Crippen LogP contribution in [0.15, 0.2) is 54.9 Å². The minimum absolute atomic E-state index is 0.234. The van der Waals surface area contributed by atoms with Crippen LogP contribution < -0.4 is 5.32 Å². The summed E-state index contributed by atoms with van der Waals surface area (Å²) in [5.74, 6) is -0.234. The maximum absolute atomic E-state index is 12.3. The molecule has 0 radical (unpaired) electrons. The first kappa shape index (κ1) is 17.7. The van der Waals surface area contributed by atoms with E-state index in [0.717, 1.165) is 13.1 Å². The van der Waals surface area contributed by atoms with Gasteiger partial charge in [-0.05, 0) is 47.7 Å². The first-order valence-electron chi connectivity index (χ1n) is 9.26. The van der Waals surface area contributed by atoms with Crippen molar-refractivity contribution < 1.29 is 9.90 Å². The van der Waals surface area contributed by atoms with Crippen molar-refractivity contribution in [3.8, 4) is 0 Å². The molecule has 2 aromatic heterocycles. The summed E-state index contributed by atoms with van der Waals surface area (Å²) in [7, 11) is 2.04. The average Bonchev–Trinajstić information content (AvgIpc) is 3.05. The van der Waals surface area contributed by atoms with Gasteiger partial charge in [-0.2, -0.15) is 0 Å². The highest BCUT2D eigenvalue weighted by atomic mass is 16.3. The summed E-state index contributed by atoms with van der Waals surface area (Å²) in [5.41, 5.74) is 2.83. The zero-order valence-corrected chi connectivity index (χ0v) is 15.4. The Balaban J connectivity index is 1.35. The summed E-state index contributed by atoms with van der Waals surface area (Å²) < 4.78 is 2.11. The van der Waals surface area contributed by atoms with Gasteiger partial charge >= 0.3 is 0 Å². The number of benzene rings is 1. The number of aliphatic hydroxyl groups is 1. The van der Waals surface area contributed by atoms with Crippen LogP contribution in [0, 0.1) is 0 Å². The average molecular weight is 364 g/mol. The number of likely N-dealkylation sites (tertiary alicyclic amines) is 1. The monoisotopic (exact) mass is 364 g/mol. The van der Waals surface area contributed by atoms with Crippen molar-refractivity contribution in [1.82, 2.24) is 19.8 Å². The van der Waals surface area contributed by atoms with Gasteiger partial charge in [0.25, 0.3) is 5.91 Å². The van der Waals surface area contributed by atoms with E-state index in [1.807, 2.05) is 7.05 Å². The van der Waals surface area contributed by atoms with E-state index in [4.69, 9.17) is 0 Å². The van der Waals surface area contributed by atoms with Gasteiger partial charge in [-0.1, -0.05) is 12.1 Å². The van der Waals surface area contributed by atoms with E-state index in [0.29, 0.717) is 18.7 Å². The lowest BCUT2D eigenvalue weighted by molar-refractivity contribution is 0.0348. The maximum Gasteiger partial charge on any atom is 0.270 e. The molecular formula is C21H24N4O2. The molecule has 1 fully saturated rings. The van der Waals surface area contributed by atoms with Gasteiger partial charge in [0.05, 0.1) is 12.1 Å². The largest absolute Gasteiger partial charge is 0.390 e. The molecule has 27 heavy (non-hydrogen) atoms. The van der Waals surface area contributed by atoms with E-state index in [2.05, 4.69) is 50.2 Å². The zero-order valence-electron chi connectivity index (χ0n) is 15.4. The molecule has 0 aliphatic carbocycles. The fourth-order valence-corrected chi connectivity index (χ4v) is 3.74. The number of β-amino-alcohol motifs (C(OH)–C–C–N with tert-alkyl or cyclic N) is 1. The third kappa shape index (κ3) is 3.86. The second kappa shape index (κ2) is 7.50. The van der Waals surface area contributed by atoms with E-state index >= 15 is 0 Å². The van der Waals surface area contributed by atoms with Crippen molar-refractivity contribution in [1.29, 1.82) is 0 Å². The second-order valence-corrected chi connectivity index (χ2v) is 7.21. The molecule has 0 unspecified atom stereocenters. The van der Waals surface area contributed by atoms with Crippen molar-refractivity contribution in [3.63, 3.8) is 0 Å². The Morgan fingerprint density at radius 1 is 1.30 bits per heavy atom. The number of carbonyl (C=O) groups is 1. The molecule has 2 atom stereocenters. The number of nitrogens with one attached hydrogen (secondary N) is 1. The lowest BCUT2D eigenvalue weighted by Gasteiger charge is -2.36. The number of amides is 1. The highest BCUT2D eigenvalue weighted by molar-refractivity contribution is 5.92. The Kier molecular flexibility index (Phi) is 4.92. The van der Waals surface area contributed by atoms with Crippen molar-refractivity contribution in [2.75, 3.05) is 13.1 Å². The van der Waals surface area contributed by atoms with Gasteiger partial charge in [-0.3, -0.25) is 14.7 Å². The highest BCUT2D eigenvalue weighted by Gasteiger charge is 2.29. The molecule has 0 saturated carbocycles. The molecule has 6 nitrogen and oxygen atoms in total. The lowest BCUT2D eigenvalue weighted by Crippen LogP contribution is -2.53. The van der Waals surface area contributed by atoms with Gasteiger partial charge in [-0.25, -0.2) is 0 Å². The molecule has 0 bridgehead atoms. The summed E-state index contributed by atoms with van der Waals surface area (Å²) in [6.45, 7) is 2.17. The Bertz CT molecular complexity index is 938. The highest BCUT2D eigenvalue weighted by Crippen LogP contribution is 2.20. The van der Waals surface area contributed by atoms with Crippen LogP contribution in [0.2, 0.25) is 0 Å². The van der Waals surface area contributed by atoms with Crippen LogP contribution in [0.25, 0.3) is 10.9 Å². The van der Waals surface area contributed by atoms with Crippen molar-refractivity contribution in [3.05, 3.63) is 66.1 Å². The summed E-state index contributed by atoms with van der Waals surface area (Å²) in [4.78, 5) is 18.6. The normalized spacial score (nSPS) is 20.7. The SMILES string of the molecule is Cn1ccc2cc(CN3CC[C@@H](NC(=O)c4ccccn4)[C@H](O)C3)ccc21. The number of aliphatic hydroxyl groups excluding tert-OH is 1. The van der Waals surface area contributed by atoms with Crippen molar-refractivity contribution in [2.45, 2.75) is 25.1 Å². The predicted octanol–water partition coefficient (Wildman–Crippen LogP) is 1.94. The molecule has 6 heteroatoms. The standard InChI is InChI=1S/C21H24N4O2/c1-24-10-7-16-12-15(5-6-19(16)24)13-25-11-8-17(20(26)14-25)23-21(27)18-4-2-3-9-22-18/h2-7,9-10,12,17,20,26H,8,11,13-14H2,1H3,(H,23,27)/t17-,20-/m1/s1. The van der Waals surface area contributed by atoms with Gasteiger partial charge in [-0.15, -0.1) is 0 Å². The zero-order chi connectivity index (χ0) is 18.8. The van der Waals surface area contributed by atoms with Crippen LogP contribution >= 0.6 is 0 Å². The van der Waals surface area contributed by atoms with Crippen LogP contribution in [0.3, 0.4) is 0 Å². The van der Waals surface area contributed by atoms with E-state index in [1.54, 1.807) is 24.4 Å². The number of carbonyl (C=O) groups excluding carboxylic acids is 1. The first-order valence-corrected chi connectivity index (χ1v) is 9.26. The summed E-state index contributed by atoms with van der Waals surface area (Å²) in [6.07, 6.45) is 3.78. The number of piperidine rings is 1. The second-order valence-electron chi connectivity index (χ2n) is 7.21. The number of aryl methyl sites for hydroxylation is 1. The molecule has 4 rings (SSSR count). The molecule has 0 spiro atoms. The summed E-state index contributed by atoms with van der Waals surface area (Å²) >= 11 is 0. The van der Waals surface area contributed by atoms with Gasteiger partial charge in [0.1, 0.15) is 5.69 Å². The van der Waals surface area contributed by atoms with Crippen molar-refractivity contribution >= 4 is 16.8 Å². The van der Waals surface area contributed by atoms with Gasteiger partial charge in [0.15, 0.2) is 0 Å². The third-order valence-electron chi connectivity index (χ3n) is 5.24. The number of hydrogen-bond acceptors (Lipinski definition) is 4. The van der Waals surface area contributed by atoms with Crippen LogP contribution in [0.5, 0.6) is 0 Å². The molecule has 1 aliphatic heterocycles. The van der Waals surface area contributed by atoms with Crippen LogP contribution in [0.1, 0.15) is 22.5 Å². The predicted molar refractivity (Wildman–Crippen MR) is 104 cm³/mol. The first-order chi connectivity index (χ1) is 13.1. The van der Waals surface area contributed by atoms with E-state index in [1.165, 1.54) is 16.5 Å². The number of hydrogen-bond donors (Lipinski definition) is 2. The molecule has 1 aromatic carbocycles.